The van der Waals surface area contributed by atoms with Crippen molar-refractivity contribution in [1.29, 1.82) is 0 Å². The third kappa shape index (κ3) is 3.79. The molecule has 1 N–H and O–H groups in total. The zero-order valence-electron chi connectivity index (χ0n) is 10.2. The second-order valence-electron chi connectivity index (χ2n) is 3.26. The largest absolute Gasteiger partial charge is 0.508 e. The number of aromatic hydroxyl groups is 1. The summed E-state index contributed by atoms with van der Waals surface area (Å²) in [6.07, 6.45) is 0. The molecule has 17 heavy (non-hydrogen) atoms. The van der Waals surface area contributed by atoms with Gasteiger partial charge in [0.05, 0.1) is 0 Å². The summed E-state index contributed by atoms with van der Waals surface area (Å²) in [5.41, 5.74) is 1.98. The molecule has 0 aliphatic rings. The highest BCUT2D eigenvalue weighted by atomic mass is 16.6. The van der Waals surface area contributed by atoms with Crippen molar-refractivity contribution in [2.24, 2.45) is 10.3 Å². The number of hydrogen-bond donors (Lipinski definition) is 1. The molecular formula is C12H16N2O3. The van der Waals surface area contributed by atoms with Gasteiger partial charge in [0.2, 0.25) is 0 Å². The van der Waals surface area contributed by atoms with Crippen molar-refractivity contribution in [3.63, 3.8) is 0 Å². The number of benzene rings is 1. The molecule has 0 saturated heterocycles. The highest BCUT2D eigenvalue weighted by Gasteiger charge is 2.09. The van der Waals surface area contributed by atoms with Crippen molar-refractivity contribution in [1.82, 2.24) is 0 Å². The van der Waals surface area contributed by atoms with Crippen LogP contribution in [0.15, 0.2) is 34.6 Å². The van der Waals surface area contributed by atoms with Gasteiger partial charge >= 0.3 is 0 Å². The molecule has 0 fully saturated rings. The maximum absolute atomic E-state index is 9.23. The lowest BCUT2D eigenvalue weighted by Gasteiger charge is -2.05. The van der Waals surface area contributed by atoms with Crippen LogP contribution in [0.5, 0.6) is 5.75 Å². The standard InChI is InChI=1S/C12H16N2O3/c1-4-17-14-12(9(2)13-16-3)10-5-7-11(15)8-6-10/h5-8,15H,4H2,1-3H3/b13-9+,14-12-. The van der Waals surface area contributed by atoms with E-state index in [1.807, 2.05) is 6.92 Å². The van der Waals surface area contributed by atoms with Crippen LogP contribution in [0.2, 0.25) is 0 Å². The van der Waals surface area contributed by atoms with E-state index in [4.69, 9.17) is 9.68 Å². The average Bonchev–Trinajstić information content (AvgIpc) is 2.32. The topological polar surface area (TPSA) is 63.4 Å². The van der Waals surface area contributed by atoms with Crippen molar-refractivity contribution < 1.29 is 14.8 Å². The first-order valence-electron chi connectivity index (χ1n) is 5.26. The van der Waals surface area contributed by atoms with Crippen LogP contribution in [0.25, 0.3) is 0 Å². The van der Waals surface area contributed by atoms with Crippen LogP contribution in [0.3, 0.4) is 0 Å². The minimum absolute atomic E-state index is 0.200. The minimum atomic E-state index is 0.200. The van der Waals surface area contributed by atoms with Crippen molar-refractivity contribution in [2.45, 2.75) is 13.8 Å². The first-order valence-corrected chi connectivity index (χ1v) is 5.26. The molecule has 0 heterocycles. The first-order chi connectivity index (χ1) is 8.19. The molecule has 0 radical (unpaired) electrons. The number of hydrogen-bond acceptors (Lipinski definition) is 5. The number of oxime groups is 2. The van der Waals surface area contributed by atoms with E-state index in [2.05, 4.69) is 10.3 Å². The first kappa shape index (κ1) is 13.0. The minimum Gasteiger partial charge on any atom is -0.508 e. The molecule has 0 atom stereocenters. The van der Waals surface area contributed by atoms with Gasteiger partial charge in [-0.3, -0.25) is 0 Å². The van der Waals surface area contributed by atoms with E-state index in [-0.39, 0.29) is 5.75 Å². The van der Waals surface area contributed by atoms with Gasteiger partial charge in [-0.25, -0.2) is 0 Å². The third-order valence-electron chi connectivity index (χ3n) is 2.00. The van der Waals surface area contributed by atoms with E-state index in [0.29, 0.717) is 18.0 Å². The average molecular weight is 236 g/mol. The molecule has 5 nitrogen and oxygen atoms in total. The molecule has 0 bridgehead atoms. The second-order valence-corrected chi connectivity index (χ2v) is 3.26. The molecule has 0 unspecified atom stereocenters. The van der Waals surface area contributed by atoms with E-state index in [9.17, 15) is 5.11 Å². The van der Waals surface area contributed by atoms with Crippen LogP contribution in [0.1, 0.15) is 19.4 Å². The Hall–Kier alpha value is -2.04. The molecule has 1 aromatic rings. The van der Waals surface area contributed by atoms with E-state index in [1.54, 1.807) is 31.2 Å². The summed E-state index contributed by atoms with van der Waals surface area (Å²) in [6.45, 7) is 4.09. The summed E-state index contributed by atoms with van der Waals surface area (Å²) >= 11 is 0. The predicted octanol–water partition coefficient (Wildman–Crippen LogP) is 2.16. The summed E-state index contributed by atoms with van der Waals surface area (Å²) in [5.74, 6) is 0.200. The van der Waals surface area contributed by atoms with E-state index in [0.717, 1.165) is 5.56 Å². The lowest BCUT2D eigenvalue weighted by atomic mass is 10.1. The van der Waals surface area contributed by atoms with Crippen LogP contribution >= 0.6 is 0 Å². The summed E-state index contributed by atoms with van der Waals surface area (Å²) in [7, 11) is 1.47. The second kappa shape index (κ2) is 6.52. The Kier molecular flexibility index (Phi) is 5.00. The van der Waals surface area contributed by atoms with Gasteiger partial charge < -0.3 is 14.8 Å². The SMILES string of the molecule is CCO/N=C(/C(C)=N/OC)c1ccc(O)cc1. The molecule has 0 aliphatic heterocycles. The highest BCUT2D eigenvalue weighted by Crippen LogP contribution is 2.11. The van der Waals surface area contributed by atoms with Gasteiger partial charge in [-0.05, 0) is 38.1 Å². The molecule has 0 saturated carbocycles. The van der Waals surface area contributed by atoms with Gasteiger partial charge in [-0.2, -0.15) is 0 Å². The monoisotopic (exact) mass is 236 g/mol. The number of nitrogens with zero attached hydrogens (tertiary/aromatic N) is 2. The molecule has 1 aromatic carbocycles. The number of phenols is 1. The van der Waals surface area contributed by atoms with E-state index in [1.165, 1.54) is 7.11 Å². The lowest BCUT2D eigenvalue weighted by molar-refractivity contribution is 0.159. The van der Waals surface area contributed by atoms with Gasteiger partial charge in [-0.1, -0.05) is 10.3 Å². The Morgan fingerprint density at radius 3 is 2.41 bits per heavy atom. The van der Waals surface area contributed by atoms with Crippen molar-refractivity contribution in [3.8, 4) is 5.75 Å². The fraction of sp³-hybridized carbons (Fsp3) is 0.333. The van der Waals surface area contributed by atoms with Crippen LogP contribution in [-0.4, -0.2) is 30.2 Å². The quantitative estimate of drug-likeness (QED) is 0.629. The van der Waals surface area contributed by atoms with Gasteiger partial charge in [0.15, 0.2) is 0 Å². The molecule has 0 spiro atoms. The molecular weight excluding hydrogens is 220 g/mol. The smallest absolute Gasteiger partial charge is 0.134 e. The third-order valence-corrected chi connectivity index (χ3v) is 2.00. The zero-order chi connectivity index (χ0) is 12.7. The molecule has 92 valence electrons. The van der Waals surface area contributed by atoms with Crippen LogP contribution < -0.4 is 0 Å². The van der Waals surface area contributed by atoms with Crippen molar-refractivity contribution in [3.05, 3.63) is 29.8 Å². The Labute approximate surface area is 100 Å². The van der Waals surface area contributed by atoms with Gasteiger partial charge in [0.1, 0.15) is 30.9 Å². The predicted molar refractivity (Wildman–Crippen MR) is 66.4 cm³/mol. The van der Waals surface area contributed by atoms with Crippen LogP contribution in [0.4, 0.5) is 0 Å². The van der Waals surface area contributed by atoms with Crippen molar-refractivity contribution in [2.75, 3.05) is 13.7 Å². The fourth-order valence-electron chi connectivity index (χ4n) is 1.26. The van der Waals surface area contributed by atoms with Gasteiger partial charge in [-0.15, -0.1) is 0 Å². The summed E-state index contributed by atoms with van der Waals surface area (Å²) < 4.78 is 0. The van der Waals surface area contributed by atoms with Crippen LogP contribution in [-0.2, 0) is 9.68 Å². The normalized spacial score (nSPS) is 12.4. The lowest BCUT2D eigenvalue weighted by Crippen LogP contribution is -2.13. The number of phenolic OH excluding ortho intramolecular Hbond substituents is 1. The van der Waals surface area contributed by atoms with E-state index >= 15 is 0 Å². The zero-order valence-corrected chi connectivity index (χ0v) is 10.2. The molecule has 1 rings (SSSR count). The van der Waals surface area contributed by atoms with Crippen LogP contribution in [0, 0.1) is 0 Å². The maximum atomic E-state index is 9.23. The van der Waals surface area contributed by atoms with E-state index < -0.39 is 0 Å². The maximum Gasteiger partial charge on any atom is 0.134 e. The highest BCUT2D eigenvalue weighted by molar-refractivity contribution is 6.47. The Morgan fingerprint density at radius 1 is 1.24 bits per heavy atom. The fourth-order valence-corrected chi connectivity index (χ4v) is 1.26. The Morgan fingerprint density at radius 2 is 1.88 bits per heavy atom. The molecule has 5 heteroatoms. The molecule has 0 amide bonds. The molecule has 0 aromatic heterocycles. The van der Waals surface area contributed by atoms with Crippen molar-refractivity contribution >= 4 is 11.4 Å². The Bertz CT molecular complexity index is 410. The Balaban J connectivity index is 3.06. The summed E-state index contributed by atoms with van der Waals surface area (Å²) in [4.78, 5) is 9.75. The van der Waals surface area contributed by atoms with Gasteiger partial charge in [0.25, 0.3) is 0 Å². The number of rotatable bonds is 5. The molecule has 0 aliphatic carbocycles. The van der Waals surface area contributed by atoms with Gasteiger partial charge in [0, 0.05) is 5.56 Å². The summed E-state index contributed by atoms with van der Waals surface area (Å²) in [6, 6.07) is 6.64. The summed E-state index contributed by atoms with van der Waals surface area (Å²) in [5, 5.41) is 17.0.